The van der Waals surface area contributed by atoms with Crippen LogP contribution in [-0.2, 0) is 4.74 Å². The quantitative estimate of drug-likeness (QED) is 0.595. The number of aromatic amines is 1. The maximum atomic E-state index is 13.8. The third-order valence-electron chi connectivity index (χ3n) is 2.89. The second kappa shape index (κ2) is 4.63. The number of aliphatic hydroxyl groups excluding tert-OH is 2. The second-order valence-electron chi connectivity index (χ2n) is 4.16. The molecule has 0 bridgehead atoms. The zero-order valence-electron chi connectivity index (χ0n) is 9.54. The van der Waals surface area contributed by atoms with E-state index in [9.17, 15) is 19.1 Å². The van der Waals surface area contributed by atoms with Crippen LogP contribution in [0.25, 0.3) is 0 Å². The Labute approximate surface area is 100 Å². The van der Waals surface area contributed by atoms with Crippen molar-refractivity contribution in [3.8, 4) is 0 Å². The van der Waals surface area contributed by atoms with Gasteiger partial charge in [-0.1, -0.05) is 0 Å². The highest BCUT2D eigenvalue weighted by Gasteiger charge is 2.45. The topological polar surface area (TPSA) is 105 Å². The lowest BCUT2D eigenvalue weighted by molar-refractivity contribution is -0.0492. The van der Waals surface area contributed by atoms with Crippen molar-refractivity contribution in [2.75, 3.05) is 6.61 Å². The van der Waals surface area contributed by atoms with Crippen LogP contribution in [0.3, 0.4) is 0 Å². The van der Waals surface area contributed by atoms with Gasteiger partial charge in [-0.15, -0.1) is 0 Å². The molecule has 1 unspecified atom stereocenters. The lowest BCUT2D eigenvalue weighted by Gasteiger charge is -2.15. The summed E-state index contributed by atoms with van der Waals surface area (Å²) in [6.45, 7) is 0.895. The van der Waals surface area contributed by atoms with Crippen LogP contribution in [0.15, 0.2) is 15.8 Å². The van der Waals surface area contributed by atoms with Crippen LogP contribution < -0.4 is 11.2 Å². The molecule has 0 spiro atoms. The number of ether oxygens (including phenoxy) is 1. The second-order valence-corrected chi connectivity index (χ2v) is 4.16. The molecular formula is C10H13FN2O5. The summed E-state index contributed by atoms with van der Waals surface area (Å²) in [4.78, 5) is 24.7. The highest BCUT2D eigenvalue weighted by atomic mass is 18.2. The number of aryl methyl sites for hydroxylation is 1. The number of halogens is 1. The first-order valence-electron chi connectivity index (χ1n) is 5.36. The van der Waals surface area contributed by atoms with Crippen molar-refractivity contribution in [3.63, 3.8) is 0 Å². The van der Waals surface area contributed by atoms with Gasteiger partial charge >= 0.3 is 5.69 Å². The third-order valence-corrected chi connectivity index (χ3v) is 2.89. The van der Waals surface area contributed by atoms with E-state index in [2.05, 4.69) is 0 Å². The van der Waals surface area contributed by atoms with E-state index in [1.54, 1.807) is 0 Å². The Morgan fingerprint density at radius 2 is 2.22 bits per heavy atom. The predicted octanol–water partition coefficient (Wildman–Crippen LogP) is -1.57. The van der Waals surface area contributed by atoms with Gasteiger partial charge in [0.2, 0.25) is 0 Å². The van der Waals surface area contributed by atoms with Crippen molar-refractivity contribution >= 4 is 0 Å². The van der Waals surface area contributed by atoms with Crippen LogP contribution in [-0.4, -0.2) is 44.8 Å². The summed E-state index contributed by atoms with van der Waals surface area (Å²) in [5, 5.41) is 18.3. The lowest BCUT2D eigenvalue weighted by Crippen LogP contribution is -2.36. The molecule has 1 aliphatic heterocycles. The number of alkyl halides is 1. The third kappa shape index (κ3) is 1.98. The first-order valence-corrected chi connectivity index (χ1v) is 5.36. The van der Waals surface area contributed by atoms with E-state index in [4.69, 9.17) is 9.84 Å². The number of aliphatic hydroxyl groups is 2. The molecule has 1 aromatic rings. The van der Waals surface area contributed by atoms with E-state index < -0.39 is 42.5 Å². The van der Waals surface area contributed by atoms with E-state index >= 15 is 0 Å². The van der Waals surface area contributed by atoms with Gasteiger partial charge < -0.3 is 14.9 Å². The van der Waals surface area contributed by atoms with E-state index in [-0.39, 0.29) is 5.56 Å². The van der Waals surface area contributed by atoms with Gasteiger partial charge in [0.1, 0.15) is 12.2 Å². The molecule has 0 radical (unpaired) electrons. The zero-order chi connectivity index (χ0) is 13.4. The summed E-state index contributed by atoms with van der Waals surface area (Å²) < 4.78 is 19.7. The largest absolute Gasteiger partial charge is 0.394 e. The number of hydrogen-bond donors (Lipinski definition) is 3. The van der Waals surface area contributed by atoms with Gasteiger partial charge in [-0.2, -0.15) is 0 Å². The number of nitrogens with one attached hydrogen (secondary N) is 1. The summed E-state index contributed by atoms with van der Waals surface area (Å²) in [5.41, 5.74) is -1.18. The highest BCUT2D eigenvalue weighted by Crippen LogP contribution is 2.30. The molecule has 4 atom stereocenters. The Morgan fingerprint density at radius 1 is 1.56 bits per heavy atom. The van der Waals surface area contributed by atoms with Gasteiger partial charge in [0, 0.05) is 11.8 Å². The molecule has 0 amide bonds. The molecular weight excluding hydrogens is 246 g/mol. The monoisotopic (exact) mass is 259 g/mol. The Hall–Kier alpha value is -1.51. The average molecular weight is 259 g/mol. The fourth-order valence-corrected chi connectivity index (χ4v) is 1.85. The number of H-pyrrole nitrogens is 1. The average Bonchev–Trinajstić information content (AvgIpc) is 2.61. The van der Waals surface area contributed by atoms with Crippen molar-refractivity contribution in [2.24, 2.45) is 0 Å². The molecule has 8 heteroatoms. The minimum absolute atomic E-state index is 0.215. The summed E-state index contributed by atoms with van der Waals surface area (Å²) in [6, 6.07) is 0. The maximum Gasteiger partial charge on any atom is 0.330 e. The summed E-state index contributed by atoms with van der Waals surface area (Å²) >= 11 is 0. The van der Waals surface area contributed by atoms with Gasteiger partial charge in [-0.25, -0.2) is 9.18 Å². The molecule has 1 aromatic heterocycles. The van der Waals surface area contributed by atoms with Crippen LogP contribution in [0.1, 0.15) is 11.8 Å². The van der Waals surface area contributed by atoms with E-state index in [1.165, 1.54) is 6.92 Å². The Kier molecular flexibility index (Phi) is 3.33. The van der Waals surface area contributed by atoms with Crippen LogP contribution in [0.5, 0.6) is 0 Å². The van der Waals surface area contributed by atoms with Gasteiger partial charge in [-0.05, 0) is 6.92 Å². The summed E-state index contributed by atoms with van der Waals surface area (Å²) in [7, 11) is 0. The van der Waals surface area contributed by atoms with Gasteiger partial charge in [-0.3, -0.25) is 14.3 Å². The minimum Gasteiger partial charge on any atom is -0.394 e. The first-order chi connectivity index (χ1) is 8.45. The smallest absolute Gasteiger partial charge is 0.330 e. The molecule has 2 heterocycles. The number of nitrogens with zero attached hydrogens (tertiary/aromatic N) is 1. The van der Waals surface area contributed by atoms with Crippen molar-refractivity contribution in [3.05, 3.63) is 32.6 Å². The fraction of sp³-hybridized carbons (Fsp3) is 0.600. The van der Waals surface area contributed by atoms with E-state index in [0.717, 1.165) is 10.8 Å². The molecule has 2 rings (SSSR count). The van der Waals surface area contributed by atoms with E-state index in [1.807, 2.05) is 4.98 Å². The Morgan fingerprint density at radius 3 is 2.78 bits per heavy atom. The van der Waals surface area contributed by atoms with Crippen molar-refractivity contribution in [1.82, 2.24) is 9.55 Å². The molecule has 7 nitrogen and oxygen atoms in total. The van der Waals surface area contributed by atoms with Gasteiger partial charge in [0.05, 0.1) is 6.61 Å². The van der Waals surface area contributed by atoms with Crippen LogP contribution in [0.2, 0.25) is 0 Å². The molecule has 100 valence electrons. The molecule has 0 saturated carbocycles. The SMILES string of the molecule is Cc1cn([C@H]2O[C@H](CO)C(O)[C@H]2[18F])c(=O)[nH]c1=O. The normalized spacial score (nSPS) is 31.8. The van der Waals surface area contributed by atoms with Crippen molar-refractivity contribution in [2.45, 2.75) is 31.5 Å². The fourth-order valence-electron chi connectivity index (χ4n) is 1.85. The summed E-state index contributed by atoms with van der Waals surface area (Å²) in [6.07, 6.45) is -4.67. The highest BCUT2D eigenvalue weighted by molar-refractivity contribution is 5.03. The van der Waals surface area contributed by atoms with Crippen molar-refractivity contribution in [1.29, 1.82) is 0 Å². The number of hydrogen-bond acceptors (Lipinski definition) is 5. The molecule has 3 N–H and O–H groups in total. The molecule has 1 aliphatic rings. The molecule has 1 fully saturated rings. The minimum atomic E-state index is -1.86. The number of rotatable bonds is 2. The predicted molar refractivity (Wildman–Crippen MR) is 58.0 cm³/mol. The van der Waals surface area contributed by atoms with Gasteiger partial charge in [0.15, 0.2) is 12.4 Å². The molecule has 1 saturated heterocycles. The molecule has 0 aliphatic carbocycles. The number of aromatic nitrogens is 2. The summed E-state index contributed by atoms with van der Waals surface area (Å²) in [5.74, 6) is 0. The van der Waals surface area contributed by atoms with Gasteiger partial charge in [0.25, 0.3) is 5.56 Å². The standard InChI is InChI=1S/C10H13FN2O5/c1-4-2-13(10(17)12-8(4)16)9-6(11)7(15)5(3-14)18-9/h2,5-7,9,14-15H,3H2,1H3,(H,12,16,17)/t5-,6-,7?,9+/m1/s1/i11-1. The Balaban J connectivity index is 2.42. The molecule has 0 aromatic carbocycles. The Bertz CT molecular complexity index is 554. The van der Waals surface area contributed by atoms with Crippen LogP contribution in [0.4, 0.5) is 4.39 Å². The lowest BCUT2D eigenvalue weighted by atomic mass is 10.1. The van der Waals surface area contributed by atoms with Crippen LogP contribution >= 0.6 is 0 Å². The maximum absolute atomic E-state index is 13.8. The molecule has 18 heavy (non-hydrogen) atoms. The zero-order valence-corrected chi connectivity index (χ0v) is 9.54. The van der Waals surface area contributed by atoms with Crippen LogP contribution in [0, 0.1) is 6.92 Å². The first kappa shape index (κ1) is 12.9. The van der Waals surface area contributed by atoms with Crippen molar-refractivity contribution < 1.29 is 19.3 Å². The van der Waals surface area contributed by atoms with E-state index in [0.29, 0.717) is 0 Å².